The molecule has 0 aromatic carbocycles. The lowest BCUT2D eigenvalue weighted by Gasteiger charge is -2.16. The second-order valence-corrected chi connectivity index (χ2v) is 8.63. The summed E-state index contributed by atoms with van der Waals surface area (Å²) >= 11 is 0. The van der Waals surface area contributed by atoms with Crippen LogP contribution >= 0.6 is 0 Å². The molecule has 0 spiro atoms. The van der Waals surface area contributed by atoms with E-state index in [0.717, 1.165) is 11.4 Å². The molecule has 2 heterocycles. The fraction of sp³-hybridized carbons (Fsp3) is 0.625. The summed E-state index contributed by atoms with van der Waals surface area (Å²) in [7, 11) is -2.99. The van der Waals surface area contributed by atoms with Crippen molar-refractivity contribution in [2.75, 3.05) is 18.1 Å². The van der Waals surface area contributed by atoms with Crippen LogP contribution in [0.25, 0.3) is 0 Å². The fourth-order valence-corrected chi connectivity index (χ4v) is 4.68. The molecule has 6 nitrogen and oxygen atoms in total. The van der Waals surface area contributed by atoms with Gasteiger partial charge < -0.3 is 9.30 Å². The SMILES string of the molecule is Cc1cc(C(=O)COC(=O)C(C)C)c(C)n1[C@H]1CCS(=O)(=O)C1. The molecule has 2 rings (SSSR count). The zero-order chi connectivity index (χ0) is 17.4. The number of aryl methyl sites for hydroxylation is 1. The summed E-state index contributed by atoms with van der Waals surface area (Å²) < 4.78 is 30.3. The van der Waals surface area contributed by atoms with Gasteiger partial charge in [0, 0.05) is 23.0 Å². The number of rotatable bonds is 5. The maximum atomic E-state index is 12.3. The minimum Gasteiger partial charge on any atom is -0.457 e. The number of ether oxygens (including phenoxy) is 1. The molecule has 0 saturated carbocycles. The predicted molar refractivity (Wildman–Crippen MR) is 86.3 cm³/mol. The molecule has 23 heavy (non-hydrogen) atoms. The summed E-state index contributed by atoms with van der Waals surface area (Å²) in [4.78, 5) is 23.8. The number of hydrogen-bond donors (Lipinski definition) is 0. The molecule has 1 aromatic rings. The minimum absolute atomic E-state index is 0.110. The molecule has 128 valence electrons. The first kappa shape index (κ1) is 17.7. The first-order valence-corrected chi connectivity index (χ1v) is 9.53. The van der Waals surface area contributed by atoms with E-state index in [2.05, 4.69) is 0 Å². The Balaban J connectivity index is 2.17. The third-order valence-electron chi connectivity index (χ3n) is 4.18. The van der Waals surface area contributed by atoms with Gasteiger partial charge in [-0.25, -0.2) is 8.42 Å². The van der Waals surface area contributed by atoms with Gasteiger partial charge >= 0.3 is 5.97 Å². The van der Waals surface area contributed by atoms with E-state index in [1.165, 1.54) is 0 Å². The highest BCUT2D eigenvalue weighted by Gasteiger charge is 2.31. The summed E-state index contributed by atoms with van der Waals surface area (Å²) in [5, 5.41) is 0. The lowest BCUT2D eigenvalue weighted by Crippen LogP contribution is -2.19. The zero-order valence-electron chi connectivity index (χ0n) is 14.0. The molecular weight excluding hydrogens is 318 g/mol. The number of hydrogen-bond acceptors (Lipinski definition) is 5. The van der Waals surface area contributed by atoms with Crippen molar-refractivity contribution < 1.29 is 22.7 Å². The van der Waals surface area contributed by atoms with E-state index in [1.807, 2.05) is 11.5 Å². The van der Waals surface area contributed by atoms with Crippen molar-refractivity contribution in [1.29, 1.82) is 0 Å². The molecule has 1 aliphatic rings. The predicted octanol–water partition coefficient (Wildman–Crippen LogP) is 1.85. The van der Waals surface area contributed by atoms with Crippen LogP contribution in [0.4, 0.5) is 0 Å². The van der Waals surface area contributed by atoms with Gasteiger partial charge in [0.05, 0.1) is 17.4 Å². The fourth-order valence-electron chi connectivity index (χ4n) is 2.98. The number of esters is 1. The minimum atomic E-state index is -2.99. The summed E-state index contributed by atoms with van der Waals surface area (Å²) in [6, 6.07) is 1.62. The Morgan fingerprint density at radius 3 is 2.52 bits per heavy atom. The van der Waals surface area contributed by atoms with Gasteiger partial charge in [0.25, 0.3) is 0 Å². The van der Waals surface area contributed by atoms with Gasteiger partial charge in [-0.1, -0.05) is 13.8 Å². The number of carbonyl (C=O) groups excluding carboxylic acids is 2. The maximum absolute atomic E-state index is 12.3. The van der Waals surface area contributed by atoms with Crippen LogP contribution in [0, 0.1) is 19.8 Å². The number of ketones is 1. The number of Topliss-reactive ketones (excluding diaryl/α,β-unsaturated/α-hetero) is 1. The van der Waals surface area contributed by atoms with Crippen LogP contribution in [0.1, 0.15) is 48.1 Å². The first-order chi connectivity index (χ1) is 10.6. The van der Waals surface area contributed by atoms with Gasteiger partial charge in [-0.3, -0.25) is 9.59 Å². The zero-order valence-corrected chi connectivity index (χ0v) is 14.8. The largest absolute Gasteiger partial charge is 0.457 e. The Morgan fingerprint density at radius 1 is 1.35 bits per heavy atom. The molecule has 0 radical (unpaired) electrons. The van der Waals surface area contributed by atoms with E-state index >= 15 is 0 Å². The Hall–Kier alpha value is -1.63. The van der Waals surface area contributed by atoms with Crippen LogP contribution in [-0.2, 0) is 19.4 Å². The van der Waals surface area contributed by atoms with Crippen LogP contribution < -0.4 is 0 Å². The highest BCUT2D eigenvalue weighted by atomic mass is 32.2. The number of aromatic nitrogens is 1. The Bertz CT molecular complexity index is 730. The van der Waals surface area contributed by atoms with E-state index < -0.39 is 15.8 Å². The molecule has 7 heteroatoms. The Morgan fingerprint density at radius 2 is 2.00 bits per heavy atom. The lowest BCUT2D eigenvalue weighted by molar-refractivity contribution is -0.146. The normalized spacial score (nSPS) is 20.0. The third kappa shape index (κ3) is 3.83. The van der Waals surface area contributed by atoms with Gasteiger partial charge in [-0.2, -0.15) is 0 Å². The van der Waals surface area contributed by atoms with Crippen LogP contribution in [0.3, 0.4) is 0 Å². The van der Waals surface area contributed by atoms with Gasteiger partial charge in [0.15, 0.2) is 16.4 Å². The Labute approximate surface area is 136 Å². The molecule has 1 aromatic heterocycles. The summed E-state index contributed by atoms with van der Waals surface area (Å²) in [6.45, 7) is 6.78. The summed E-state index contributed by atoms with van der Waals surface area (Å²) in [5.41, 5.74) is 2.07. The van der Waals surface area contributed by atoms with Crippen molar-refractivity contribution in [3.05, 3.63) is 23.0 Å². The van der Waals surface area contributed by atoms with Crippen molar-refractivity contribution in [1.82, 2.24) is 4.57 Å². The second kappa shape index (κ2) is 6.47. The van der Waals surface area contributed by atoms with E-state index in [0.29, 0.717) is 12.0 Å². The smallest absolute Gasteiger partial charge is 0.308 e. The molecule has 0 unspecified atom stereocenters. The molecule has 1 saturated heterocycles. The molecule has 0 amide bonds. The van der Waals surface area contributed by atoms with E-state index in [-0.39, 0.29) is 35.9 Å². The molecule has 0 bridgehead atoms. The summed E-state index contributed by atoms with van der Waals surface area (Å²) in [6.07, 6.45) is 0.564. The molecular formula is C16H23NO5S. The topological polar surface area (TPSA) is 82.4 Å². The lowest BCUT2D eigenvalue weighted by atomic mass is 10.1. The van der Waals surface area contributed by atoms with Gasteiger partial charge in [0.2, 0.25) is 5.78 Å². The first-order valence-electron chi connectivity index (χ1n) is 7.71. The molecule has 0 aliphatic carbocycles. The average molecular weight is 341 g/mol. The molecule has 0 N–H and O–H groups in total. The van der Waals surface area contributed by atoms with Crippen LogP contribution in [0.5, 0.6) is 0 Å². The van der Waals surface area contributed by atoms with Gasteiger partial charge in [-0.05, 0) is 26.3 Å². The molecule has 1 aliphatic heterocycles. The molecule has 1 atom stereocenters. The van der Waals surface area contributed by atoms with Gasteiger partial charge in [-0.15, -0.1) is 0 Å². The van der Waals surface area contributed by atoms with Crippen molar-refractivity contribution in [2.45, 2.75) is 40.2 Å². The van der Waals surface area contributed by atoms with Crippen molar-refractivity contribution >= 4 is 21.6 Å². The standard InChI is InChI=1S/C16H23NO5S/c1-10(2)16(19)22-8-15(18)14-7-11(3)17(12(14)4)13-5-6-23(20,21)9-13/h7,10,13H,5-6,8-9H2,1-4H3/t13-/m0/s1. The van der Waals surface area contributed by atoms with E-state index in [1.54, 1.807) is 26.8 Å². The quantitative estimate of drug-likeness (QED) is 0.603. The highest BCUT2D eigenvalue weighted by Crippen LogP contribution is 2.29. The van der Waals surface area contributed by atoms with Gasteiger partial charge in [0.1, 0.15) is 0 Å². The highest BCUT2D eigenvalue weighted by molar-refractivity contribution is 7.91. The second-order valence-electron chi connectivity index (χ2n) is 6.40. The van der Waals surface area contributed by atoms with E-state index in [4.69, 9.17) is 4.74 Å². The Kier molecular flexibility index (Phi) is 4.98. The van der Waals surface area contributed by atoms with Crippen LogP contribution in [-0.4, -0.2) is 42.9 Å². The number of nitrogens with zero attached hydrogens (tertiary/aromatic N) is 1. The maximum Gasteiger partial charge on any atom is 0.308 e. The average Bonchev–Trinajstić information content (AvgIpc) is 2.95. The van der Waals surface area contributed by atoms with Crippen molar-refractivity contribution in [3.63, 3.8) is 0 Å². The van der Waals surface area contributed by atoms with Crippen LogP contribution in [0.2, 0.25) is 0 Å². The van der Waals surface area contributed by atoms with Crippen molar-refractivity contribution in [2.24, 2.45) is 5.92 Å². The number of sulfone groups is 1. The van der Waals surface area contributed by atoms with Crippen LogP contribution in [0.15, 0.2) is 6.07 Å². The number of carbonyl (C=O) groups is 2. The van der Waals surface area contributed by atoms with Crippen molar-refractivity contribution in [3.8, 4) is 0 Å². The summed E-state index contributed by atoms with van der Waals surface area (Å²) in [5.74, 6) is -0.657. The monoisotopic (exact) mass is 341 g/mol. The van der Waals surface area contributed by atoms with E-state index in [9.17, 15) is 18.0 Å². The third-order valence-corrected chi connectivity index (χ3v) is 5.93. The molecule has 1 fully saturated rings.